The van der Waals surface area contributed by atoms with Gasteiger partial charge in [0.15, 0.2) is 0 Å². The van der Waals surface area contributed by atoms with Gasteiger partial charge in [-0.1, -0.05) is 6.07 Å². The molecule has 1 aliphatic heterocycles. The second-order valence-corrected chi connectivity index (χ2v) is 5.49. The number of carbonyl (C=O) groups excluding carboxylic acids is 2. The number of likely N-dealkylation sites (tertiary alicyclic amines) is 1. The minimum Gasteiger partial charge on any atom is -0.348 e. The van der Waals surface area contributed by atoms with Crippen LogP contribution in [0.1, 0.15) is 17.3 Å². The summed E-state index contributed by atoms with van der Waals surface area (Å²) in [6, 6.07) is 3.84. The van der Waals surface area contributed by atoms with E-state index in [1.165, 1.54) is 0 Å². The minimum atomic E-state index is -0.249. The molecule has 1 saturated heterocycles. The van der Waals surface area contributed by atoms with Gasteiger partial charge in [-0.05, 0) is 11.4 Å². The van der Waals surface area contributed by atoms with Gasteiger partial charge >= 0.3 is 0 Å². The maximum atomic E-state index is 12.1. The molecular formula is C12H16N2O2S. The summed E-state index contributed by atoms with van der Waals surface area (Å²) < 4.78 is 0. The topological polar surface area (TPSA) is 40.6 Å². The molecule has 2 amide bonds. The third-order valence-electron chi connectivity index (χ3n) is 3.18. The second-order valence-electron chi connectivity index (χ2n) is 4.51. The molecule has 2 rings (SSSR count). The largest absolute Gasteiger partial charge is 0.348 e. The molecule has 1 aliphatic rings. The van der Waals surface area contributed by atoms with Crippen LogP contribution < -0.4 is 0 Å². The molecule has 2 unspecified atom stereocenters. The van der Waals surface area contributed by atoms with Crippen LogP contribution >= 0.6 is 11.3 Å². The van der Waals surface area contributed by atoms with Gasteiger partial charge in [-0.2, -0.15) is 0 Å². The molecule has 0 saturated carbocycles. The summed E-state index contributed by atoms with van der Waals surface area (Å²) in [4.78, 5) is 28.2. The van der Waals surface area contributed by atoms with Gasteiger partial charge in [-0.15, -0.1) is 11.3 Å². The van der Waals surface area contributed by atoms with Crippen molar-refractivity contribution in [1.82, 2.24) is 9.80 Å². The molecule has 4 nitrogen and oxygen atoms in total. The SMILES string of the molecule is CN(C)C(=O)C1CC(=O)N(C)C1c1cccs1. The van der Waals surface area contributed by atoms with Crippen LogP contribution in [0.5, 0.6) is 0 Å². The van der Waals surface area contributed by atoms with Crippen molar-refractivity contribution in [1.29, 1.82) is 0 Å². The van der Waals surface area contributed by atoms with Gasteiger partial charge in [0.25, 0.3) is 0 Å². The first-order chi connectivity index (χ1) is 8.02. The fourth-order valence-corrected chi connectivity index (χ4v) is 3.20. The first-order valence-electron chi connectivity index (χ1n) is 5.52. The van der Waals surface area contributed by atoms with Crippen LogP contribution in [0.25, 0.3) is 0 Å². The van der Waals surface area contributed by atoms with Crippen LogP contribution in [0.4, 0.5) is 0 Å². The van der Waals surface area contributed by atoms with E-state index in [0.29, 0.717) is 6.42 Å². The summed E-state index contributed by atoms with van der Waals surface area (Å²) in [5.41, 5.74) is 0. The third-order valence-corrected chi connectivity index (χ3v) is 4.12. The highest BCUT2D eigenvalue weighted by molar-refractivity contribution is 7.10. The van der Waals surface area contributed by atoms with Crippen molar-refractivity contribution < 1.29 is 9.59 Å². The molecule has 2 heterocycles. The lowest BCUT2D eigenvalue weighted by Crippen LogP contribution is -2.33. The van der Waals surface area contributed by atoms with E-state index in [2.05, 4.69) is 0 Å². The number of rotatable bonds is 2. The van der Waals surface area contributed by atoms with Gasteiger partial charge in [0.2, 0.25) is 11.8 Å². The Labute approximate surface area is 105 Å². The summed E-state index contributed by atoms with van der Waals surface area (Å²) in [6.45, 7) is 0. The molecule has 1 fully saturated rings. The second kappa shape index (κ2) is 4.49. The van der Waals surface area contributed by atoms with E-state index in [-0.39, 0.29) is 23.8 Å². The lowest BCUT2D eigenvalue weighted by molar-refractivity contribution is -0.134. The van der Waals surface area contributed by atoms with Crippen LogP contribution in [-0.4, -0.2) is 42.8 Å². The Morgan fingerprint density at radius 3 is 2.76 bits per heavy atom. The van der Waals surface area contributed by atoms with Crippen molar-refractivity contribution in [2.24, 2.45) is 5.92 Å². The monoisotopic (exact) mass is 252 g/mol. The fraction of sp³-hybridized carbons (Fsp3) is 0.500. The summed E-state index contributed by atoms with van der Waals surface area (Å²) in [5.74, 6) is -0.175. The molecule has 17 heavy (non-hydrogen) atoms. The lowest BCUT2D eigenvalue weighted by atomic mass is 9.97. The molecule has 1 aromatic heterocycles. The smallest absolute Gasteiger partial charge is 0.228 e. The molecule has 0 spiro atoms. The number of amides is 2. The van der Waals surface area contributed by atoms with Crippen LogP contribution in [0, 0.1) is 5.92 Å². The van der Waals surface area contributed by atoms with E-state index >= 15 is 0 Å². The molecule has 0 N–H and O–H groups in total. The van der Waals surface area contributed by atoms with Crippen LogP contribution in [0.15, 0.2) is 17.5 Å². The van der Waals surface area contributed by atoms with Crippen LogP contribution in [0.2, 0.25) is 0 Å². The Balaban J connectivity index is 2.32. The standard InChI is InChI=1S/C12H16N2O2S/c1-13(2)12(16)8-7-10(15)14(3)11(8)9-5-4-6-17-9/h4-6,8,11H,7H2,1-3H3. The average Bonchev–Trinajstić information content (AvgIpc) is 2.87. The van der Waals surface area contributed by atoms with E-state index in [1.807, 2.05) is 17.5 Å². The molecule has 5 heteroatoms. The molecule has 0 radical (unpaired) electrons. The normalized spacial score (nSPS) is 24.2. The zero-order valence-electron chi connectivity index (χ0n) is 10.2. The number of carbonyl (C=O) groups is 2. The van der Waals surface area contributed by atoms with Gasteiger partial charge < -0.3 is 9.80 Å². The Bertz CT molecular complexity index is 428. The summed E-state index contributed by atoms with van der Waals surface area (Å²) in [6.07, 6.45) is 0.316. The van der Waals surface area contributed by atoms with Gasteiger partial charge in [0.1, 0.15) is 0 Å². The van der Waals surface area contributed by atoms with Crippen molar-refractivity contribution in [3.63, 3.8) is 0 Å². The Kier molecular flexibility index (Phi) is 3.19. The maximum absolute atomic E-state index is 12.1. The van der Waals surface area contributed by atoms with Gasteiger partial charge in [0, 0.05) is 32.4 Å². The first kappa shape index (κ1) is 12.1. The number of nitrogens with zero attached hydrogens (tertiary/aromatic N) is 2. The van der Waals surface area contributed by atoms with E-state index in [4.69, 9.17) is 0 Å². The predicted octanol–water partition coefficient (Wildman–Crippen LogP) is 1.36. The van der Waals surface area contributed by atoms with Crippen molar-refractivity contribution in [2.75, 3.05) is 21.1 Å². The summed E-state index contributed by atoms with van der Waals surface area (Å²) in [5, 5.41) is 1.98. The summed E-state index contributed by atoms with van der Waals surface area (Å²) >= 11 is 1.59. The number of hydrogen-bond acceptors (Lipinski definition) is 3. The van der Waals surface area contributed by atoms with Crippen molar-refractivity contribution in [3.8, 4) is 0 Å². The first-order valence-corrected chi connectivity index (χ1v) is 6.40. The van der Waals surface area contributed by atoms with E-state index in [1.54, 1.807) is 42.3 Å². The third kappa shape index (κ3) is 2.07. The highest BCUT2D eigenvalue weighted by Gasteiger charge is 2.43. The van der Waals surface area contributed by atoms with Crippen molar-refractivity contribution in [3.05, 3.63) is 22.4 Å². The van der Waals surface area contributed by atoms with E-state index in [0.717, 1.165) is 4.88 Å². The fourth-order valence-electron chi connectivity index (χ4n) is 2.27. The molecule has 2 atom stereocenters. The van der Waals surface area contributed by atoms with Gasteiger partial charge in [-0.3, -0.25) is 9.59 Å². The summed E-state index contributed by atoms with van der Waals surface area (Å²) in [7, 11) is 5.24. The number of thiophene rings is 1. The molecule has 0 aromatic carbocycles. The number of hydrogen-bond donors (Lipinski definition) is 0. The van der Waals surface area contributed by atoms with E-state index < -0.39 is 0 Å². The van der Waals surface area contributed by atoms with Crippen molar-refractivity contribution in [2.45, 2.75) is 12.5 Å². The quantitative estimate of drug-likeness (QED) is 0.797. The van der Waals surface area contributed by atoms with Crippen molar-refractivity contribution >= 4 is 23.2 Å². The Hall–Kier alpha value is -1.36. The van der Waals surface area contributed by atoms with Gasteiger partial charge in [0.05, 0.1) is 12.0 Å². The zero-order chi connectivity index (χ0) is 12.6. The average molecular weight is 252 g/mol. The molecule has 0 aliphatic carbocycles. The van der Waals surface area contributed by atoms with Gasteiger partial charge in [-0.25, -0.2) is 0 Å². The zero-order valence-corrected chi connectivity index (χ0v) is 11.0. The molecule has 1 aromatic rings. The van der Waals surface area contributed by atoms with Crippen LogP contribution in [0.3, 0.4) is 0 Å². The van der Waals surface area contributed by atoms with Crippen LogP contribution in [-0.2, 0) is 9.59 Å². The predicted molar refractivity (Wildman–Crippen MR) is 66.6 cm³/mol. The highest BCUT2D eigenvalue weighted by Crippen LogP contribution is 2.39. The molecule has 0 bridgehead atoms. The van der Waals surface area contributed by atoms with E-state index in [9.17, 15) is 9.59 Å². The Morgan fingerprint density at radius 1 is 1.53 bits per heavy atom. The molecule has 92 valence electrons. The minimum absolute atomic E-state index is 0.0288. The highest BCUT2D eigenvalue weighted by atomic mass is 32.1. The maximum Gasteiger partial charge on any atom is 0.228 e. The molecular weight excluding hydrogens is 236 g/mol. The Morgan fingerprint density at radius 2 is 2.24 bits per heavy atom. The lowest BCUT2D eigenvalue weighted by Gasteiger charge is -2.25.